The van der Waals surface area contributed by atoms with Crippen molar-refractivity contribution in [1.29, 1.82) is 0 Å². The first-order valence-corrected chi connectivity index (χ1v) is 11.7. The molecule has 1 aromatic heterocycles. The summed E-state index contributed by atoms with van der Waals surface area (Å²) in [5.41, 5.74) is -1.92. The van der Waals surface area contributed by atoms with Crippen molar-refractivity contribution in [2.45, 2.75) is 23.2 Å². The first-order chi connectivity index (χ1) is 15.7. The third-order valence-corrected chi connectivity index (χ3v) is 7.62. The maximum atomic E-state index is 13.5. The SMILES string of the molecule is CN(C)C(=O)[C@H]1[C@@H](O)[C@@]2(O)c3c(Cl)cncc3O[C@@]2(c2ccc(Br)cc2)[C@@H]1c1ccccc1. The van der Waals surface area contributed by atoms with Crippen LogP contribution in [0.4, 0.5) is 0 Å². The molecule has 0 bridgehead atoms. The number of amides is 1. The van der Waals surface area contributed by atoms with Gasteiger partial charge in [0.25, 0.3) is 0 Å². The Hall–Kier alpha value is -2.45. The number of hydrogen-bond donors (Lipinski definition) is 2. The molecule has 2 N–H and O–H groups in total. The zero-order chi connectivity index (χ0) is 23.5. The number of aliphatic hydroxyl groups is 2. The fourth-order valence-electron chi connectivity index (χ4n) is 5.50. The van der Waals surface area contributed by atoms with Gasteiger partial charge in [-0.1, -0.05) is 70.0 Å². The highest BCUT2D eigenvalue weighted by Crippen LogP contribution is 2.69. The minimum absolute atomic E-state index is 0.165. The van der Waals surface area contributed by atoms with Crippen LogP contribution < -0.4 is 4.74 Å². The molecule has 1 fully saturated rings. The Bertz CT molecular complexity index is 1220. The van der Waals surface area contributed by atoms with Gasteiger partial charge in [0.2, 0.25) is 5.91 Å². The molecule has 0 radical (unpaired) electrons. The molecule has 5 atom stereocenters. The van der Waals surface area contributed by atoms with Crippen LogP contribution in [0, 0.1) is 5.92 Å². The highest BCUT2D eigenvalue weighted by molar-refractivity contribution is 9.10. The Morgan fingerprint density at radius 2 is 1.79 bits per heavy atom. The molecular formula is C25H22BrClN2O4. The summed E-state index contributed by atoms with van der Waals surface area (Å²) in [5, 5.41) is 24.4. The molecule has 8 heteroatoms. The van der Waals surface area contributed by atoms with E-state index in [1.807, 2.05) is 54.6 Å². The summed E-state index contributed by atoms with van der Waals surface area (Å²) in [5.74, 6) is -1.75. The van der Waals surface area contributed by atoms with E-state index >= 15 is 0 Å². The number of carbonyl (C=O) groups is 1. The Balaban J connectivity index is 1.88. The van der Waals surface area contributed by atoms with E-state index in [-0.39, 0.29) is 22.2 Å². The standard InChI is InChI=1S/C25H22BrClN2O4/c1-29(2)23(31)19-20(14-6-4-3-5-7-14)25(15-8-10-16(26)11-9-15)24(32,22(19)30)21-17(27)12-28-13-18(21)33-25/h3-13,19-20,22,30,32H,1-2H3/t19-,20-,22-,24+,25+/m1/s1. The van der Waals surface area contributed by atoms with Gasteiger partial charge in [-0.2, -0.15) is 0 Å². The number of nitrogens with zero attached hydrogens (tertiary/aromatic N) is 2. The van der Waals surface area contributed by atoms with Gasteiger partial charge in [-0.05, 0) is 23.3 Å². The van der Waals surface area contributed by atoms with Crippen LogP contribution >= 0.6 is 27.5 Å². The Morgan fingerprint density at radius 3 is 2.42 bits per heavy atom. The lowest BCUT2D eigenvalue weighted by Gasteiger charge is -2.40. The van der Waals surface area contributed by atoms with Crippen LogP contribution in [0.1, 0.15) is 22.6 Å². The molecule has 5 rings (SSSR count). The van der Waals surface area contributed by atoms with Crippen molar-refractivity contribution in [3.05, 3.63) is 93.2 Å². The molecule has 33 heavy (non-hydrogen) atoms. The van der Waals surface area contributed by atoms with Crippen molar-refractivity contribution in [1.82, 2.24) is 9.88 Å². The van der Waals surface area contributed by atoms with E-state index in [1.165, 1.54) is 17.3 Å². The number of fused-ring (bicyclic) bond motifs is 3. The van der Waals surface area contributed by atoms with Gasteiger partial charge in [0.1, 0.15) is 11.9 Å². The zero-order valence-corrected chi connectivity index (χ0v) is 20.3. The monoisotopic (exact) mass is 528 g/mol. The fraction of sp³-hybridized carbons (Fsp3) is 0.280. The van der Waals surface area contributed by atoms with E-state index in [1.54, 1.807) is 14.1 Å². The first-order valence-electron chi connectivity index (χ1n) is 10.5. The molecule has 1 aliphatic carbocycles. The average Bonchev–Trinajstić information content (AvgIpc) is 3.18. The number of pyridine rings is 1. The Labute approximate surface area is 204 Å². The van der Waals surface area contributed by atoms with Gasteiger partial charge in [-0.25, -0.2) is 0 Å². The molecule has 1 amide bonds. The maximum Gasteiger partial charge on any atom is 0.228 e. The average molecular weight is 530 g/mol. The maximum absolute atomic E-state index is 13.5. The van der Waals surface area contributed by atoms with Crippen LogP contribution in [-0.2, 0) is 16.0 Å². The Morgan fingerprint density at radius 1 is 1.12 bits per heavy atom. The summed E-state index contributed by atoms with van der Waals surface area (Å²) >= 11 is 9.99. The number of aromatic nitrogens is 1. The molecule has 3 aromatic rings. The van der Waals surface area contributed by atoms with Gasteiger partial charge in [-0.15, -0.1) is 0 Å². The summed E-state index contributed by atoms with van der Waals surface area (Å²) in [6.45, 7) is 0. The number of benzene rings is 2. The third-order valence-electron chi connectivity index (χ3n) is 6.81. The predicted molar refractivity (Wildman–Crippen MR) is 127 cm³/mol. The summed E-state index contributed by atoms with van der Waals surface area (Å²) in [6.07, 6.45) is 1.39. The van der Waals surface area contributed by atoms with Crippen LogP contribution in [0.3, 0.4) is 0 Å². The van der Waals surface area contributed by atoms with Crippen molar-refractivity contribution in [3.8, 4) is 5.75 Å². The van der Waals surface area contributed by atoms with E-state index < -0.39 is 29.1 Å². The minimum Gasteiger partial charge on any atom is -0.476 e. The van der Waals surface area contributed by atoms with Gasteiger partial charge in [-0.3, -0.25) is 9.78 Å². The molecule has 6 nitrogen and oxygen atoms in total. The number of carbonyl (C=O) groups excluding carboxylic acids is 1. The van der Waals surface area contributed by atoms with E-state index in [0.29, 0.717) is 5.56 Å². The largest absolute Gasteiger partial charge is 0.476 e. The van der Waals surface area contributed by atoms with Crippen LogP contribution in [0.25, 0.3) is 0 Å². The third kappa shape index (κ3) is 2.93. The summed E-state index contributed by atoms with van der Waals surface area (Å²) < 4.78 is 7.43. The molecule has 0 spiro atoms. The number of hydrogen-bond acceptors (Lipinski definition) is 5. The van der Waals surface area contributed by atoms with E-state index in [2.05, 4.69) is 20.9 Å². The van der Waals surface area contributed by atoms with E-state index in [0.717, 1.165) is 10.0 Å². The van der Waals surface area contributed by atoms with Gasteiger partial charge in [0.15, 0.2) is 11.2 Å². The fourth-order valence-corrected chi connectivity index (χ4v) is 6.06. The number of ether oxygens (including phenoxy) is 1. The highest BCUT2D eigenvalue weighted by atomic mass is 79.9. The second-order valence-electron chi connectivity index (χ2n) is 8.70. The lowest BCUT2D eigenvalue weighted by Crippen LogP contribution is -2.52. The molecule has 0 saturated heterocycles. The van der Waals surface area contributed by atoms with Crippen molar-refractivity contribution >= 4 is 33.4 Å². The minimum atomic E-state index is -2.01. The van der Waals surface area contributed by atoms with Crippen LogP contribution in [-0.4, -0.2) is 46.2 Å². The number of rotatable bonds is 3. The van der Waals surface area contributed by atoms with Gasteiger partial charge in [0.05, 0.1) is 22.7 Å². The summed E-state index contributed by atoms with van der Waals surface area (Å²) in [4.78, 5) is 19.0. The zero-order valence-electron chi connectivity index (χ0n) is 17.9. The lowest BCUT2D eigenvalue weighted by molar-refractivity contribution is -0.155. The van der Waals surface area contributed by atoms with Crippen molar-refractivity contribution in [2.75, 3.05) is 14.1 Å². The number of aliphatic hydroxyl groups excluding tert-OH is 1. The van der Waals surface area contributed by atoms with Gasteiger partial charge < -0.3 is 19.8 Å². The highest BCUT2D eigenvalue weighted by Gasteiger charge is 2.77. The van der Waals surface area contributed by atoms with Crippen LogP contribution in [0.5, 0.6) is 5.75 Å². The smallest absolute Gasteiger partial charge is 0.228 e. The Kier molecular flexibility index (Phi) is 5.29. The van der Waals surface area contributed by atoms with Crippen molar-refractivity contribution in [3.63, 3.8) is 0 Å². The summed E-state index contributed by atoms with van der Waals surface area (Å²) in [6, 6.07) is 16.7. The quantitative estimate of drug-likeness (QED) is 0.539. The van der Waals surface area contributed by atoms with Crippen LogP contribution in [0.2, 0.25) is 5.02 Å². The second-order valence-corrected chi connectivity index (χ2v) is 10.0. The normalized spacial score (nSPS) is 29.8. The molecule has 1 aliphatic heterocycles. The topological polar surface area (TPSA) is 82.9 Å². The number of halogens is 2. The molecule has 2 heterocycles. The van der Waals surface area contributed by atoms with Crippen LogP contribution in [0.15, 0.2) is 71.5 Å². The van der Waals surface area contributed by atoms with Crippen molar-refractivity contribution in [2.24, 2.45) is 5.92 Å². The first kappa shape index (κ1) is 22.3. The molecule has 2 aromatic carbocycles. The van der Waals surface area contributed by atoms with Crippen molar-refractivity contribution < 1.29 is 19.7 Å². The van der Waals surface area contributed by atoms with E-state index in [4.69, 9.17) is 16.3 Å². The molecule has 170 valence electrons. The van der Waals surface area contributed by atoms with Gasteiger partial charge in [0, 0.05) is 30.7 Å². The molecular weight excluding hydrogens is 508 g/mol. The molecule has 2 aliphatic rings. The molecule has 1 saturated carbocycles. The predicted octanol–water partition coefficient (Wildman–Crippen LogP) is 3.84. The van der Waals surface area contributed by atoms with E-state index in [9.17, 15) is 15.0 Å². The summed E-state index contributed by atoms with van der Waals surface area (Å²) in [7, 11) is 3.26. The second kappa shape index (κ2) is 7.81. The van der Waals surface area contributed by atoms with Gasteiger partial charge >= 0.3 is 0 Å². The molecule has 0 unspecified atom stereocenters. The lowest BCUT2D eigenvalue weighted by atomic mass is 9.70.